The van der Waals surface area contributed by atoms with Gasteiger partial charge in [-0.2, -0.15) is 0 Å². The quantitative estimate of drug-likeness (QED) is 0.586. The Bertz CT molecular complexity index is 889. The largest absolute Gasteiger partial charge is 0.389 e. The Morgan fingerprint density at radius 1 is 1.10 bits per heavy atom. The molecule has 2 aromatic carbocycles. The highest BCUT2D eigenvalue weighted by Crippen LogP contribution is 2.27. The van der Waals surface area contributed by atoms with Crippen molar-refractivity contribution >= 4 is 44.7 Å². The van der Waals surface area contributed by atoms with Crippen LogP contribution in [-0.2, 0) is 9.89 Å². The predicted molar refractivity (Wildman–Crippen MR) is 129 cm³/mol. The van der Waals surface area contributed by atoms with Crippen molar-refractivity contribution in [3.63, 3.8) is 0 Å². The molecule has 5 nitrogen and oxygen atoms in total. The summed E-state index contributed by atoms with van der Waals surface area (Å²) in [5.41, 5.74) is 3.21. The first-order valence-electron chi connectivity index (χ1n) is 9.24. The molecule has 1 fully saturated rings. The van der Waals surface area contributed by atoms with Gasteiger partial charge in [-0.15, -0.1) is 0 Å². The molecule has 0 radical (unpaired) electrons. The highest BCUT2D eigenvalue weighted by molar-refractivity contribution is 7.96. The van der Waals surface area contributed by atoms with Crippen molar-refractivity contribution in [1.29, 1.82) is 0 Å². The van der Waals surface area contributed by atoms with Gasteiger partial charge >= 0.3 is 0 Å². The summed E-state index contributed by atoms with van der Waals surface area (Å²) in [5, 5.41) is 13.0. The zero-order valence-electron chi connectivity index (χ0n) is 16.5. The Morgan fingerprint density at radius 3 is 2.10 bits per heavy atom. The Morgan fingerprint density at radius 2 is 1.66 bits per heavy atom. The number of hydrogen-bond donors (Lipinski definition) is 3. The molecule has 1 atom stereocenters. The fourth-order valence-electron chi connectivity index (χ4n) is 3.05. The number of nitrogens with one attached hydrogen (secondary N) is 2. The highest BCUT2D eigenvalue weighted by atomic mass is 35.5. The van der Waals surface area contributed by atoms with Crippen molar-refractivity contribution in [2.45, 2.75) is 18.9 Å². The maximum absolute atomic E-state index is 11.4. The monoisotopic (exact) mass is 454 g/mol. The summed E-state index contributed by atoms with van der Waals surface area (Å²) in [6.45, 7) is 5.09. The van der Waals surface area contributed by atoms with Crippen LogP contribution in [0.4, 0.5) is 5.69 Å². The molecule has 0 amide bonds. The van der Waals surface area contributed by atoms with Crippen LogP contribution in [-0.4, -0.2) is 40.6 Å². The van der Waals surface area contributed by atoms with Crippen LogP contribution in [0.1, 0.15) is 12.8 Å². The average Bonchev–Trinajstić information content (AvgIpc) is 2.68. The second-order valence-corrected chi connectivity index (χ2v) is 9.52. The van der Waals surface area contributed by atoms with E-state index in [0.717, 1.165) is 42.7 Å². The van der Waals surface area contributed by atoms with Gasteiger partial charge in [0.2, 0.25) is 0 Å². The lowest BCUT2D eigenvalue weighted by Crippen LogP contribution is -2.46. The van der Waals surface area contributed by atoms with E-state index in [2.05, 4.69) is 23.1 Å². The molecular weight excluding hydrogens is 427 g/mol. The van der Waals surface area contributed by atoms with Crippen LogP contribution < -0.4 is 15.8 Å². The van der Waals surface area contributed by atoms with Gasteiger partial charge in [-0.3, -0.25) is 0 Å². The summed E-state index contributed by atoms with van der Waals surface area (Å²) in [6.07, 6.45) is 3.58. The molecule has 29 heavy (non-hydrogen) atoms. The smallest absolute Gasteiger partial charge is 0.0851 e. The molecule has 0 bridgehead atoms. The van der Waals surface area contributed by atoms with Crippen LogP contribution in [0.3, 0.4) is 0 Å². The minimum absolute atomic E-state index is 0.440. The van der Waals surface area contributed by atoms with Gasteiger partial charge < -0.3 is 10.6 Å². The summed E-state index contributed by atoms with van der Waals surface area (Å²) >= 11 is 11.9. The molecule has 1 saturated heterocycles. The fourth-order valence-corrected chi connectivity index (χ4v) is 4.40. The zero-order chi connectivity index (χ0) is 21.4. The second-order valence-electron chi connectivity index (χ2n) is 6.75. The van der Waals surface area contributed by atoms with E-state index in [4.69, 9.17) is 28.3 Å². The molecule has 8 heteroatoms. The lowest BCUT2D eigenvalue weighted by atomic mass is 10.1. The number of piperidine rings is 1. The third-order valence-corrected chi connectivity index (χ3v) is 6.29. The van der Waals surface area contributed by atoms with Gasteiger partial charge in [0.1, 0.15) is 0 Å². The Balaban J connectivity index is 0.000000212. The molecular formula is C21H28Cl2N4OS. The summed E-state index contributed by atoms with van der Waals surface area (Å²) in [5.74, 6) is 3.46. The molecule has 0 saturated carbocycles. The van der Waals surface area contributed by atoms with Crippen molar-refractivity contribution in [3.8, 4) is 11.1 Å². The molecule has 1 unspecified atom stereocenters. The van der Waals surface area contributed by atoms with Crippen molar-refractivity contribution in [2.75, 3.05) is 25.5 Å². The summed E-state index contributed by atoms with van der Waals surface area (Å²) in [6, 6.07) is 14.1. The molecule has 158 valence electrons. The molecule has 0 aliphatic carbocycles. The van der Waals surface area contributed by atoms with Crippen LogP contribution in [0.15, 0.2) is 55.2 Å². The molecule has 1 aliphatic rings. The first kappa shape index (κ1) is 23.6. The van der Waals surface area contributed by atoms with Crippen molar-refractivity contribution in [2.24, 2.45) is 5.14 Å². The maximum atomic E-state index is 11.4. The van der Waals surface area contributed by atoms with E-state index in [0.29, 0.717) is 16.1 Å². The first-order valence-corrected chi connectivity index (χ1v) is 11.7. The summed E-state index contributed by atoms with van der Waals surface area (Å²) in [4.78, 5) is 0. The van der Waals surface area contributed by atoms with Crippen LogP contribution in [0.5, 0.6) is 0 Å². The fraction of sp³-hybridized carbons (Fsp3) is 0.286. The minimum Gasteiger partial charge on any atom is -0.389 e. The van der Waals surface area contributed by atoms with Gasteiger partial charge in [0.05, 0.1) is 9.89 Å². The van der Waals surface area contributed by atoms with Crippen LogP contribution >= 0.6 is 23.2 Å². The highest BCUT2D eigenvalue weighted by Gasteiger charge is 2.21. The van der Waals surface area contributed by atoms with Gasteiger partial charge in [-0.05, 0) is 66.4 Å². The molecule has 1 aliphatic heterocycles. The van der Waals surface area contributed by atoms with Gasteiger partial charge in [0.25, 0.3) is 0 Å². The lowest BCUT2D eigenvalue weighted by molar-refractivity contribution is 0.314. The SMILES string of the molecule is C=CNC1CCN(S(=C)(N)=O)CC1.CNc1ccc(-c2cc(Cl)cc(Cl)c2)cc1. The molecule has 4 N–H and O–H groups in total. The van der Waals surface area contributed by atoms with E-state index >= 15 is 0 Å². The van der Waals surface area contributed by atoms with E-state index in [1.54, 1.807) is 16.6 Å². The van der Waals surface area contributed by atoms with E-state index in [1.807, 2.05) is 43.4 Å². The minimum atomic E-state index is -2.48. The van der Waals surface area contributed by atoms with Crippen LogP contribution in [0, 0.1) is 0 Å². The molecule has 1 heterocycles. The normalized spacial score (nSPS) is 16.8. The Kier molecular flexibility index (Phi) is 8.86. The third kappa shape index (κ3) is 7.57. The van der Waals surface area contributed by atoms with Gasteiger partial charge in [0.15, 0.2) is 0 Å². The summed E-state index contributed by atoms with van der Waals surface area (Å²) < 4.78 is 13.1. The van der Waals surface area contributed by atoms with Crippen molar-refractivity contribution < 1.29 is 4.21 Å². The standard InChI is InChI=1S/C13H11Cl2N.C8H17N3OS/c1-16-13-4-2-9(3-5-13)10-6-11(14)8-12(15)7-10;1-3-10-8-4-6-11(7-5-8)13(2,9)12/h2-8,16H,1H3;3,8,10H,1-2,4-7H2,(H2,9,12). The molecule has 0 spiro atoms. The molecule has 0 aromatic heterocycles. The first-order chi connectivity index (χ1) is 13.7. The Labute approximate surface area is 184 Å². The van der Waals surface area contributed by atoms with Gasteiger partial charge in [-0.1, -0.05) is 41.9 Å². The number of anilines is 1. The third-order valence-electron chi connectivity index (χ3n) is 4.61. The zero-order valence-corrected chi connectivity index (χ0v) is 18.9. The topological polar surface area (TPSA) is 70.4 Å². The lowest BCUT2D eigenvalue weighted by Gasteiger charge is -2.32. The number of halogens is 2. The number of nitrogens with zero attached hydrogens (tertiary/aromatic N) is 1. The molecule has 3 rings (SSSR count). The van der Waals surface area contributed by atoms with Crippen LogP contribution in [0.2, 0.25) is 10.0 Å². The van der Waals surface area contributed by atoms with E-state index in [9.17, 15) is 4.21 Å². The Hall–Kier alpha value is -1.70. The summed E-state index contributed by atoms with van der Waals surface area (Å²) in [7, 11) is -0.590. The van der Waals surface area contributed by atoms with Crippen molar-refractivity contribution in [3.05, 3.63) is 65.3 Å². The van der Waals surface area contributed by atoms with E-state index in [-0.39, 0.29) is 0 Å². The maximum Gasteiger partial charge on any atom is 0.0851 e. The van der Waals surface area contributed by atoms with Gasteiger partial charge in [-0.25, -0.2) is 13.7 Å². The van der Waals surface area contributed by atoms with Crippen LogP contribution in [0.25, 0.3) is 11.1 Å². The number of benzene rings is 2. The van der Waals surface area contributed by atoms with Gasteiger partial charge in [0, 0.05) is 41.9 Å². The average molecular weight is 455 g/mol. The van der Waals surface area contributed by atoms with E-state index < -0.39 is 9.89 Å². The van der Waals surface area contributed by atoms with Crippen molar-refractivity contribution in [1.82, 2.24) is 9.62 Å². The number of hydrogen-bond acceptors (Lipinski definition) is 3. The predicted octanol–water partition coefficient (Wildman–Crippen LogP) is 4.39. The number of nitrogens with two attached hydrogens (primary N) is 1. The molecule has 2 aromatic rings. The number of rotatable bonds is 5. The second kappa shape index (κ2) is 10.9. The van der Waals surface area contributed by atoms with E-state index in [1.165, 1.54) is 0 Å².